The third-order valence-electron chi connectivity index (χ3n) is 9.26. The van der Waals surface area contributed by atoms with E-state index in [1.165, 1.54) is 6.20 Å². The van der Waals surface area contributed by atoms with E-state index >= 15 is 0 Å². The summed E-state index contributed by atoms with van der Waals surface area (Å²) < 4.78 is 63.4. The average molecular weight is 759 g/mol. The number of benzene rings is 4. The molecule has 4 atom stereocenters. The molecule has 6 rings (SSSR count). The van der Waals surface area contributed by atoms with Gasteiger partial charge < -0.3 is 33.5 Å². The fraction of sp³-hybridized carbons (Fsp3) is 0.300. The first-order valence-corrected chi connectivity index (χ1v) is 18.8. The Morgan fingerprint density at radius 1 is 0.852 bits per heavy atom. The molecule has 1 aliphatic heterocycles. The quantitative estimate of drug-likeness (QED) is 0.0851. The van der Waals surface area contributed by atoms with Gasteiger partial charge in [-0.25, -0.2) is 13.2 Å². The molecule has 0 amide bonds. The van der Waals surface area contributed by atoms with Crippen molar-refractivity contribution >= 4 is 9.84 Å². The summed E-state index contributed by atoms with van der Waals surface area (Å²) in [6.45, 7) is 1.06. The number of aryl methyl sites for hydroxylation is 1. The number of hydrogen-bond donors (Lipinski definition) is 2. The molecule has 1 fully saturated rings. The third kappa shape index (κ3) is 8.04. The lowest BCUT2D eigenvalue weighted by atomic mass is 9.79. The van der Waals surface area contributed by atoms with Crippen LogP contribution in [0.5, 0.6) is 11.5 Å². The topological polar surface area (TPSA) is 165 Å². The molecule has 284 valence electrons. The van der Waals surface area contributed by atoms with Crippen LogP contribution in [0.3, 0.4) is 0 Å². The van der Waals surface area contributed by atoms with Crippen LogP contribution in [-0.2, 0) is 34.4 Å². The Morgan fingerprint density at radius 3 is 2.13 bits per heavy atom. The number of rotatable bonds is 16. The van der Waals surface area contributed by atoms with Gasteiger partial charge in [0.1, 0.15) is 30.7 Å². The Hall–Kier alpha value is -5.09. The molecular weight excluding hydrogens is 717 g/mol. The van der Waals surface area contributed by atoms with Gasteiger partial charge in [-0.15, -0.1) is 0 Å². The van der Waals surface area contributed by atoms with Crippen molar-refractivity contribution in [3.8, 4) is 11.5 Å². The van der Waals surface area contributed by atoms with Gasteiger partial charge in [0.25, 0.3) is 5.56 Å². The van der Waals surface area contributed by atoms with Gasteiger partial charge in [-0.3, -0.25) is 14.3 Å². The van der Waals surface area contributed by atoms with Crippen molar-refractivity contribution in [2.24, 2.45) is 0 Å². The van der Waals surface area contributed by atoms with E-state index in [0.29, 0.717) is 17.1 Å². The van der Waals surface area contributed by atoms with Crippen LogP contribution < -0.4 is 20.7 Å². The molecule has 0 spiro atoms. The van der Waals surface area contributed by atoms with E-state index in [0.717, 1.165) is 27.3 Å². The van der Waals surface area contributed by atoms with Crippen LogP contribution in [0.15, 0.2) is 130 Å². The first kappa shape index (κ1) is 38.6. The van der Waals surface area contributed by atoms with E-state index in [1.54, 1.807) is 44.6 Å². The summed E-state index contributed by atoms with van der Waals surface area (Å²) in [5.74, 6) is 0.603. The molecule has 2 N–H and O–H groups in total. The number of nitrogens with zero attached hydrogens (tertiary/aromatic N) is 1. The van der Waals surface area contributed by atoms with Crippen molar-refractivity contribution in [2.45, 2.75) is 42.0 Å². The Bertz CT molecular complexity index is 2190. The molecule has 2 heterocycles. The second kappa shape index (κ2) is 16.9. The lowest BCUT2D eigenvalue weighted by Gasteiger charge is -2.38. The summed E-state index contributed by atoms with van der Waals surface area (Å²) in [5.41, 5.74) is 0.278. The van der Waals surface area contributed by atoms with E-state index in [9.17, 15) is 23.1 Å². The number of para-hydroxylation sites is 1. The monoisotopic (exact) mass is 758 g/mol. The number of nitrogens with one attached hydrogen (secondary N) is 1. The first-order valence-electron chi connectivity index (χ1n) is 17.2. The number of hydrogen-bond acceptors (Lipinski definition) is 11. The fourth-order valence-corrected chi connectivity index (χ4v) is 7.70. The molecule has 0 bridgehead atoms. The maximum absolute atomic E-state index is 12.9. The highest BCUT2D eigenvalue weighted by atomic mass is 32.2. The van der Waals surface area contributed by atoms with Gasteiger partial charge >= 0.3 is 5.69 Å². The number of sulfone groups is 1. The molecular formula is C40H42N2O11S. The van der Waals surface area contributed by atoms with Crippen LogP contribution in [0.1, 0.15) is 28.5 Å². The summed E-state index contributed by atoms with van der Waals surface area (Å²) >= 11 is 0. The maximum Gasteiger partial charge on any atom is 0.330 e. The van der Waals surface area contributed by atoms with Crippen molar-refractivity contribution in [3.05, 3.63) is 158 Å². The van der Waals surface area contributed by atoms with Crippen molar-refractivity contribution < 1.29 is 41.9 Å². The summed E-state index contributed by atoms with van der Waals surface area (Å²) in [4.78, 5) is 27.1. The number of H-pyrrole nitrogens is 1. The molecule has 1 aromatic heterocycles. The summed E-state index contributed by atoms with van der Waals surface area (Å²) in [7, 11) is -0.539. The normalized spacial score (nSPS) is 18.7. The smallest absolute Gasteiger partial charge is 0.330 e. The number of aromatic amines is 1. The van der Waals surface area contributed by atoms with E-state index < -0.39 is 58.0 Å². The Labute approximate surface area is 312 Å². The second-order valence-electron chi connectivity index (χ2n) is 12.6. The van der Waals surface area contributed by atoms with Crippen LogP contribution in [-0.4, -0.2) is 81.4 Å². The zero-order valence-corrected chi connectivity index (χ0v) is 30.8. The van der Waals surface area contributed by atoms with Gasteiger partial charge in [-0.2, -0.15) is 0 Å². The van der Waals surface area contributed by atoms with Gasteiger partial charge in [0.05, 0.1) is 38.1 Å². The summed E-state index contributed by atoms with van der Waals surface area (Å²) in [6, 6.07) is 32.2. The Morgan fingerprint density at radius 2 is 1.52 bits per heavy atom. The van der Waals surface area contributed by atoms with Crippen LogP contribution >= 0.6 is 0 Å². The largest absolute Gasteiger partial charge is 0.493 e. The number of aromatic nitrogens is 2. The minimum absolute atomic E-state index is 0.177. The molecule has 0 aliphatic carbocycles. The Balaban J connectivity index is 1.32. The number of ether oxygens (including phenoxy) is 6. The summed E-state index contributed by atoms with van der Waals surface area (Å²) in [6.07, 6.45) is -3.67. The standard InChI is InChI=1S/C40H42N2O11S/c1-27-17-19-30(20-18-27)54(46,47)24-23-50-26-51-37-33(53-38(35(37)44)42-22-21-34(43)41-39(42)45)25-52-40(28-11-6-4-7-12-28,29-13-8-5-9-14-29)31-15-10-16-32(48-2)36(31)49-3/h4-22,33,35,37-38,44H,23-26H2,1-3H3,(H,41,43,45)/t33-,35-,37-,38-/m1/s1. The van der Waals surface area contributed by atoms with Gasteiger partial charge in [0.15, 0.2) is 27.6 Å². The highest BCUT2D eigenvalue weighted by Crippen LogP contribution is 2.48. The Kier molecular flexibility index (Phi) is 12.1. The zero-order valence-electron chi connectivity index (χ0n) is 30.0. The lowest BCUT2D eigenvalue weighted by Crippen LogP contribution is -2.41. The van der Waals surface area contributed by atoms with Crippen molar-refractivity contribution in [3.63, 3.8) is 0 Å². The molecule has 0 unspecified atom stereocenters. The molecule has 1 saturated heterocycles. The van der Waals surface area contributed by atoms with Crippen molar-refractivity contribution in [1.82, 2.24) is 9.55 Å². The molecule has 0 radical (unpaired) electrons. The predicted molar refractivity (Wildman–Crippen MR) is 198 cm³/mol. The number of aliphatic hydroxyl groups excluding tert-OH is 1. The molecule has 1 aliphatic rings. The third-order valence-corrected chi connectivity index (χ3v) is 11.0. The molecule has 4 aromatic carbocycles. The minimum Gasteiger partial charge on any atom is -0.493 e. The van der Waals surface area contributed by atoms with Crippen molar-refractivity contribution in [1.29, 1.82) is 0 Å². The van der Waals surface area contributed by atoms with Crippen LogP contribution in [0, 0.1) is 6.92 Å². The first-order chi connectivity index (χ1) is 26.1. The minimum atomic E-state index is -3.63. The number of methoxy groups -OCH3 is 2. The lowest BCUT2D eigenvalue weighted by molar-refractivity contribution is -0.141. The molecule has 0 saturated carbocycles. The highest BCUT2D eigenvalue weighted by molar-refractivity contribution is 7.91. The molecule has 5 aromatic rings. The van der Waals surface area contributed by atoms with Gasteiger partial charge in [0.2, 0.25) is 0 Å². The van der Waals surface area contributed by atoms with Crippen LogP contribution in [0.2, 0.25) is 0 Å². The summed E-state index contributed by atoms with van der Waals surface area (Å²) in [5, 5.41) is 11.6. The number of aliphatic hydroxyl groups is 1. The highest BCUT2D eigenvalue weighted by Gasteiger charge is 2.49. The van der Waals surface area contributed by atoms with E-state index in [4.69, 9.17) is 28.4 Å². The van der Waals surface area contributed by atoms with E-state index in [-0.39, 0.29) is 23.9 Å². The zero-order chi connectivity index (χ0) is 38.3. The average Bonchev–Trinajstić information content (AvgIpc) is 3.49. The van der Waals surface area contributed by atoms with E-state index in [1.807, 2.05) is 79.7 Å². The van der Waals surface area contributed by atoms with Crippen molar-refractivity contribution in [2.75, 3.05) is 40.0 Å². The second-order valence-corrected chi connectivity index (χ2v) is 14.7. The van der Waals surface area contributed by atoms with Gasteiger partial charge in [-0.05, 0) is 36.2 Å². The van der Waals surface area contributed by atoms with Gasteiger partial charge in [-0.1, -0.05) is 90.5 Å². The maximum atomic E-state index is 12.9. The molecule has 14 heteroatoms. The predicted octanol–water partition coefficient (Wildman–Crippen LogP) is 3.96. The van der Waals surface area contributed by atoms with Gasteiger partial charge in [0, 0.05) is 17.8 Å². The van der Waals surface area contributed by atoms with Crippen LogP contribution in [0.25, 0.3) is 0 Å². The SMILES string of the molecule is COc1cccc(C(OC[C@H]2O[C@@H](n3ccc(=O)[nH]c3=O)[C@H](O)[C@@H]2OCOCCS(=O)(=O)c2ccc(C)cc2)(c2ccccc2)c2ccccc2)c1OC. The van der Waals surface area contributed by atoms with E-state index in [2.05, 4.69) is 4.98 Å². The molecule has 54 heavy (non-hydrogen) atoms. The van der Waals surface area contributed by atoms with Crippen LogP contribution in [0.4, 0.5) is 0 Å². The fourth-order valence-electron chi connectivity index (χ4n) is 6.57. The molecule has 13 nitrogen and oxygen atoms in total.